The average Bonchev–Trinajstić information content (AvgIpc) is 2.74. The molecule has 0 saturated carbocycles. The summed E-state index contributed by atoms with van der Waals surface area (Å²) in [5.41, 5.74) is 0.959. The molecule has 3 rings (SSSR count). The van der Waals surface area contributed by atoms with Crippen molar-refractivity contribution in [1.82, 2.24) is 0 Å². The van der Waals surface area contributed by atoms with Crippen LogP contribution in [0.4, 0.5) is 17.1 Å². The third-order valence-electron chi connectivity index (χ3n) is 4.85. The smallest absolute Gasteiger partial charge is 0.336 e. The number of allylic oxidation sites excluding steroid dienone is 1. The SMILES string of the molecule is CCOC(=O)C1=C(C)N(c2ccccc2)C(=O)C[C@@H]1C(=O)Nc1cccc([N+](=O)[O-])c1. The molecule has 9 nitrogen and oxygen atoms in total. The molecule has 1 N–H and O–H groups in total. The highest BCUT2D eigenvalue weighted by Crippen LogP contribution is 2.34. The van der Waals surface area contributed by atoms with Gasteiger partial charge in [-0.1, -0.05) is 24.3 Å². The third kappa shape index (κ3) is 4.61. The number of para-hydroxylation sites is 1. The molecule has 0 bridgehead atoms. The molecule has 0 fully saturated rings. The van der Waals surface area contributed by atoms with E-state index in [4.69, 9.17) is 4.74 Å². The number of nitrogens with one attached hydrogen (secondary N) is 1. The minimum absolute atomic E-state index is 0.0771. The molecule has 0 spiro atoms. The van der Waals surface area contributed by atoms with E-state index < -0.39 is 22.7 Å². The van der Waals surface area contributed by atoms with Crippen LogP contribution in [0.3, 0.4) is 0 Å². The summed E-state index contributed by atoms with van der Waals surface area (Å²) in [5.74, 6) is -2.75. The number of hydrogen-bond acceptors (Lipinski definition) is 6. The number of ether oxygens (including phenoxy) is 1. The standard InChI is InChI=1S/C22H21N3O6/c1-3-31-22(28)20-14(2)24(16-9-5-4-6-10-16)19(26)13-18(20)21(27)23-15-8-7-11-17(12-15)25(29)30/h4-12,18H,3,13H2,1-2H3,(H,23,27)/t18-/m0/s1. The van der Waals surface area contributed by atoms with E-state index in [0.29, 0.717) is 11.4 Å². The molecule has 0 radical (unpaired) electrons. The lowest BCUT2D eigenvalue weighted by Gasteiger charge is -2.33. The Morgan fingerprint density at radius 1 is 1.19 bits per heavy atom. The molecule has 0 unspecified atom stereocenters. The second kappa shape index (κ2) is 9.21. The number of carbonyl (C=O) groups is 3. The first kappa shape index (κ1) is 21.7. The van der Waals surface area contributed by atoms with E-state index in [1.165, 1.54) is 29.2 Å². The third-order valence-corrected chi connectivity index (χ3v) is 4.85. The lowest BCUT2D eigenvalue weighted by molar-refractivity contribution is -0.384. The van der Waals surface area contributed by atoms with Crippen LogP contribution in [0.15, 0.2) is 65.9 Å². The van der Waals surface area contributed by atoms with Crippen molar-refractivity contribution < 1.29 is 24.0 Å². The number of amides is 2. The Morgan fingerprint density at radius 3 is 2.55 bits per heavy atom. The summed E-state index contributed by atoms with van der Waals surface area (Å²) in [7, 11) is 0. The fourth-order valence-electron chi connectivity index (χ4n) is 3.49. The molecule has 0 saturated heterocycles. The van der Waals surface area contributed by atoms with Crippen molar-refractivity contribution in [2.24, 2.45) is 5.92 Å². The van der Waals surface area contributed by atoms with Crippen LogP contribution < -0.4 is 10.2 Å². The molecule has 1 atom stereocenters. The number of hydrogen-bond donors (Lipinski definition) is 1. The fourth-order valence-corrected chi connectivity index (χ4v) is 3.49. The number of benzene rings is 2. The number of anilines is 2. The van der Waals surface area contributed by atoms with Crippen LogP contribution in [-0.4, -0.2) is 29.3 Å². The summed E-state index contributed by atoms with van der Waals surface area (Å²) < 4.78 is 5.15. The van der Waals surface area contributed by atoms with Crippen LogP contribution in [0, 0.1) is 16.0 Å². The summed E-state index contributed by atoms with van der Waals surface area (Å²) in [6.07, 6.45) is -0.249. The van der Waals surface area contributed by atoms with E-state index in [9.17, 15) is 24.5 Å². The number of non-ortho nitro benzene ring substituents is 1. The maximum absolute atomic E-state index is 13.0. The van der Waals surface area contributed by atoms with Gasteiger partial charge in [-0.15, -0.1) is 0 Å². The van der Waals surface area contributed by atoms with E-state index in [0.717, 1.165) is 0 Å². The minimum atomic E-state index is -1.09. The van der Waals surface area contributed by atoms with Gasteiger partial charge in [0, 0.05) is 35.6 Å². The van der Waals surface area contributed by atoms with Gasteiger partial charge in [0.1, 0.15) is 0 Å². The zero-order valence-corrected chi connectivity index (χ0v) is 17.0. The van der Waals surface area contributed by atoms with Crippen LogP contribution in [0.5, 0.6) is 0 Å². The predicted molar refractivity (Wildman–Crippen MR) is 113 cm³/mol. The molecule has 2 amide bonds. The maximum Gasteiger partial charge on any atom is 0.336 e. The molecule has 1 aliphatic heterocycles. The monoisotopic (exact) mass is 423 g/mol. The predicted octanol–water partition coefficient (Wildman–Crippen LogP) is 3.42. The number of nitro groups is 1. The quantitative estimate of drug-likeness (QED) is 0.432. The van der Waals surface area contributed by atoms with Gasteiger partial charge in [-0.05, 0) is 32.0 Å². The van der Waals surface area contributed by atoms with Crippen molar-refractivity contribution in [3.8, 4) is 0 Å². The zero-order chi connectivity index (χ0) is 22.5. The van der Waals surface area contributed by atoms with Crippen LogP contribution in [-0.2, 0) is 19.1 Å². The van der Waals surface area contributed by atoms with Gasteiger partial charge in [-0.25, -0.2) is 4.79 Å². The van der Waals surface area contributed by atoms with E-state index in [-0.39, 0.29) is 35.9 Å². The fraction of sp³-hybridized carbons (Fsp3) is 0.227. The Bertz CT molecular complexity index is 1060. The van der Waals surface area contributed by atoms with Crippen LogP contribution in [0.1, 0.15) is 20.3 Å². The molecule has 160 valence electrons. The topological polar surface area (TPSA) is 119 Å². The first-order chi connectivity index (χ1) is 14.8. The van der Waals surface area contributed by atoms with E-state index in [1.807, 2.05) is 0 Å². The molecule has 9 heteroatoms. The van der Waals surface area contributed by atoms with Crippen molar-refractivity contribution in [2.75, 3.05) is 16.8 Å². The van der Waals surface area contributed by atoms with E-state index in [2.05, 4.69) is 5.32 Å². The van der Waals surface area contributed by atoms with Gasteiger partial charge < -0.3 is 10.1 Å². The minimum Gasteiger partial charge on any atom is -0.463 e. The molecule has 1 heterocycles. The first-order valence-electron chi connectivity index (χ1n) is 9.64. The number of carbonyl (C=O) groups excluding carboxylic acids is 3. The number of nitro benzene ring substituents is 1. The second-order valence-corrected chi connectivity index (χ2v) is 6.84. The highest BCUT2D eigenvalue weighted by Gasteiger charge is 2.40. The van der Waals surface area contributed by atoms with Crippen molar-refractivity contribution in [2.45, 2.75) is 20.3 Å². The van der Waals surface area contributed by atoms with Crippen molar-refractivity contribution >= 4 is 34.8 Å². The van der Waals surface area contributed by atoms with Crippen molar-refractivity contribution in [1.29, 1.82) is 0 Å². The molecular formula is C22H21N3O6. The molecule has 0 aromatic heterocycles. The highest BCUT2D eigenvalue weighted by molar-refractivity contribution is 6.10. The van der Waals surface area contributed by atoms with E-state index >= 15 is 0 Å². The number of esters is 1. The van der Waals surface area contributed by atoms with Gasteiger partial charge in [0.2, 0.25) is 11.8 Å². The molecule has 31 heavy (non-hydrogen) atoms. The summed E-state index contributed by atoms with van der Waals surface area (Å²) in [6, 6.07) is 14.2. The van der Waals surface area contributed by atoms with Gasteiger partial charge in [0.25, 0.3) is 5.69 Å². The Kier molecular flexibility index (Phi) is 6.44. The van der Waals surface area contributed by atoms with Crippen molar-refractivity contribution in [3.63, 3.8) is 0 Å². The molecule has 1 aliphatic rings. The molecule has 2 aromatic carbocycles. The van der Waals surface area contributed by atoms with Crippen LogP contribution in [0.2, 0.25) is 0 Å². The number of nitrogens with zero attached hydrogens (tertiary/aromatic N) is 2. The van der Waals surface area contributed by atoms with Gasteiger partial charge in [0.05, 0.1) is 23.0 Å². The van der Waals surface area contributed by atoms with Gasteiger partial charge in [-0.3, -0.25) is 24.6 Å². The van der Waals surface area contributed by atoms with Crippen molar-refractivity contribution in [3.05, 3.63) is 76.0 Å². The molecular weight excluding hydrogens is 402 g/mol. The van der Waals surface area contributed by atoms with Gasteiger partial charge >= 0.3 is 5.97 Å². The summed E-state index contributed by atoms with van der Waals surface area (Å²) >= 11 is 0. The summed E-state index contributed by atoms with van der Waals surface area (Å²) in [5, 5.41) is 13.6. The molecule has 0 aliphatic carbocycles. The van der Waals surface area contributed by atoms with Crippen LogP contribution >= 0.6 is 0 Å². The molecule has 2 aromatic rings. The Labute approximate surface area is 178 Å². The average molecular weight is 423 g/mol. The first-order valence-corrected chi connectivity index (χ1v) is 9.64. The normalized spacial score (nSPS) is 16.1. The Hall–Kier alpha value is -4.01. The summed E-state index contributed by atoms with van der Waals surface area (Å²) in [4.78, 5) is 50.4. The lowest BCUT2D eigenvalue weighted by Crippen LogP contribution is -2.43. The maximum atomic E-state index is 13.0. The Morgan fingerprint density at radius 2 is 1.90 bits per heavy atom. The largest absolute Gasteiger partial charge is 0.463 e. The zero-order valence-electron chi connectivity index (χ0n) is 17.0. The lowest BCUT2D eigenvalue weighted by atomic mass is 9.88. The van der Waals surface area contributed by atoms with Gasteiger partial charge in [-0.2, -0.15) is 0 Å². The van der Waals surface area contributed by atoms with Crippen LogP contribution in [0.25, 0.3) is 0 Å². The highest BCUT2D eigenvalue weighted by atomic mass is 16.6. The number of rotatable bonds is 6. The Balaban J connectivity index is 1.98. The van der Waals surface area contributed by atoms with Gasteiger partial charge in [0.15, 0.2) is 0 Å². The van der Waals surface area contributed by atoms with E-state index in [1.54, 1.807) is 44.2 Å². The summed E-state index contributed by atoms with van der Waals surface area (Å²) in [6.45, 7) is 3.34. The second-order valence-electron chi connectivity index (χ2n) is 6.84.